The fourth-order valence-electron chi connectivity index (χ4n) is 3.02. The number of ether oxygens (including phenoxy) is 1. The first-order chi connectivity index (χ1) is 10.6. The van der Waals surface area contributed by atoms with Crippen LogP contribution in [-0.4, -0.2) is 16.1 Å². The molecule has 0 unspecified atom stereocenters. The van der Waals surface area contributed by atoms with Gasteiger partial charge in [-0.15, -0.1) is 0 Å². The van der Waals surface area contributed by atoms with Crippen molar-refractivity contribution in [2.24, 2.45) is 0 Å². The van der Waals surface area contributed by atoms with Crippen LogP contribution in [0, 0.1) is 10.1 Å². The van der Waals surface area contributed by atoms with Crippen LogP contribution < -0.4 is 4.74 Å². The van der Waals surface area contributed by atoms with Gasteiger partial charge in [-0.3, -0.25) is 10.1 Å². The Morgan fingerprint density at radius 1 is 1.14 bits per heavy atom. The van der Waals surface area contributed by atoms with Crippen LogP contribution in [0.5, 0.6) is 5.75 Å². The summed E-state index contributed by atoms with van der Waals surface area (Å²) in [6, 6.07) is 13.3. The van der Waals surface area contributed by atoms with Crippen LogP contribution in [0.25, 0.3) is 10.9 Å². The zero-order valence-electron chi connectivity index (χ0n) is 11.3. The third-order valence-corrected chi connectivity index (χ3v) is 4.54. The molecule has 1 aliphatic rings. The number of aromatic nitrogens is 1. The second kappa shape index (κ2) is 4.84. The first-order valence-electron chi connectivity index (χ1n) is 6.81. The quantitative estimate of drug-likeness (QED) is 0.554. The van der Waals surface area contributed by atoms with Gasteiger partial charge in [0.25, 0.3) is 0 Å². The fourth-order valence-corrected chi connectivity index (χ4v) is 3.28. The molecule has 1 aliphatic heterocycles. The highest BCUT2D eigenvalue weighted by atomic mass is 79.9. The third-order valence-electron chi connectivity index (χ3n) is 4.01. The molecule has 0 bridgehead atoms. The Bertz CT molecular complexity index is 873. The summed E-state index contributed by atoms with van der Waals surface area (Å²) in [5, 5.41) is 12.3. The Balaban J connectivity index is 1.92. The molecule has 6 heteroatoms. The Labute approximate surface area is 134 Å². The lowest BCUT2D eigenvalue weighted by Gasteiger charge is -2.12. The van der Waals surface area contributed by atoms with Gasteiger partial charge in [0.1, 0.15) is 11.7 Å². The van der Waals surface area contributed by atoms with E-state index in [-0.39, 0.29) is 4.92 Å². The molecule has 2 atom stereocenters. The molecule has 0 spiro atoms. The van der Waals surface area contributed by atoms with E-state index in [1.54, 1.807) is 0 Å². The van der Waals surface area contributed by atoms with Gasteiger partial charge in [0, 0.05) is 27.1 Å². The zero-order valence-corrected chi connectivity index (χ0v) is 12.9. The fraction of sp³-hybridized carbons (Fsp3) is 0.125. The Morgan fingerprint density at radius 2 is 1.91 bits per heavy atom. The highest BCUT2D eigenvalue weighted by molar-refractivity contribution is 9.10. The molecule has 4 rings (SSSR count). The average Bonchev–Trinajstić information content (AvgIpc) is 3.11. The Kier molecular flexibility index (Phi) is 2.94. The van der Waals surface area contributed by atoms with E-state index in [0.29, 0.717) is 5.75 Å². The lowest BCUT2D eigenvalue weighted by Crippen LogP contribution is -2.28. The molecular weight excluding hydrogens is 348 g/mol. The van der Waals surface area contributed by atoms with Crippen molar-refractivity contribution < 1.29 is 9.66 Å². The monoisotopic (exact) mass is 358 g/mol. The molecule has 1 N–H and O–H groups in total. The molecule has 3 aromatic rings. The minimum atomic E-state index is -1.10. The topological polar surface area (TPSA) is 68.2 Å². The van der Waals surface area contributed by atoms with E-state index in [1.165, 1.54) is 0 Å². The van der Waals surface area contributed by atoms with E-state index in [2.05, 4.69) is 20.9 Å². The second-order valence-electron chi connectivity index (χ2n) is 5.25. The molecule has 2 aromatic carbocycles. The van der Waals surface area contributed by atoms with E-state index in [0.717, 1.165) is 26.5 Å². The second-order valence-corrected chi connectivity index (χ2v) is 6.16. The van der Waals surface area contributed by atoms with Crippen molar-refractivity contribution in [2.45, 2.75) is 12.1 Å². The number of H-pyrrole nitrogens is 1. The van der Waals surface area contributed by atoms with Gasteiger partial charge < -0.3 is 9.72 Å². The number of fused-ring (bicyclic) bond motifs is 3. The highest BCUT2D eigenvalue weighted by Crippen LogP contribution is 2.46. The van der Waals surface area contributed by atoms with Crippen molar-refractivity contribution in [3.8, 4) is 5.75 Å². The number of benzene rings is 2. The maximum atomic E-state index is 11.5. The third kappa shape index (κ3) is 1.91. The molecule has 0 saturated carbocycles. The SMILES string of the molecule is O=[N+]([O-])[C@@H]1Oc2c(ccc3[nH]ccc23)[C@H]1c1ccc(Br)cc1. The van der Waals surface area contributed by atoms with Gasteiger partial charge >= 0.3 is 6.23 Å². The number of rotatable bonds is 2. The van der Waals surface area contributed by atoms with E-state index >= 15 is 0 Å². The molecule has 0 radical (unpaired) electrons. The normalized spacial score (nSPS) is 19.9. The lowest BCUT2D eigenvalue weighted by atomic mass is 9.90. The molecule has 22 heavy (non-hydrogen) atoms. The minimum absolute atomic E-state index is 0.356. The molecule has 5 nitrogen and oxygen atoms in total. The average molecular weight is 359 g/mol. The maximum absolute atomic E-state index is 11.5. The van der Waals surface area contributed by atoms with Crippen LogP contribution >= 0.6 is 15.9 Å². The molecule has 0 saturated heterocycles. The molecule has 0 aliphatic carbocycles. The van der Waals surface area contributed by atoms with Crippen LogP contribution in [0.1, 0.15) is 17.0 Å². The predicted octanol–water partition coefficient (Wildman–Crippen LogP) is 4.06. The first kappa shape index (κ1) is 13.3. The summed E-state index contributed by atoms with van der Waals surface area (Å²) >= 11 is 3.39. The Hall–Kier alpha value is -2.34. The minimum Gasteiger partial charge on any atom is -0.428 e. The van der Waals surface area contributed by atoms with E-state index in [4.69, 9.17) is 4.74 Å². The molecular formula is C16H11BrN2O3. The van der Waals surface area contributed by atoms with E-state index in [1.807, 2.05) is 48.7 Å². The highest BCUT2D eigenvalue weighted by Gasteiger charge is 2.44. The van der Waals surface area contributed by atoms with Gasteiger partial charge in [0.15, 0.2) is 0 Å². The van der Waals surface area contributed by atoms with Crippen molar-refractivity contribution in [3.63, 3.8) is 0 Å². The number of nitrogens with one attached hydrogen (secondary N) is 1. The van der Waals surface area contributed by atoms with Crippen LogP contribution in [0.15, 0.2) is 53.1 Å². The van der Waals surface area contributed by atoms with Gasteiger partial charge in [0.05, 0.1) is 4.92 Å². The van der Waals surface area contributed by atoms with Gasteiger partial charge in [-0.25, -0.2) is 0 Å². The maximum Gasteiger partial charge on any atom is 0.364 e. The number of halogens is 1. The summed E-state index contributed by atoms with van der Waals surface area (Å²) in [7, 11) is 0. The van der Waals surface area contributed by atoms with Crippen molar-refractivity contribution >= 4 is 26.8 Å². The smallest absolute Gasteiger partial charge is 0.364 e. The van der Waals surface area contributed by atoms with Crippen molar-refractivity contribution in [1.82, 2.24) is 4.98 Å². The number of hydrogen-bond acceptors (Lipinski definition) is 3. The molecule has 0 fully saturated rings. The van der Waals surface area contributed by atoms with Gasteiger partial charge in [-0.05, 0) is 29.8 Å². The van der Waals surface area contributed by atoms with E-state index in [9.17, 15) is 10.1 Å². The standard InChI is InChI=1S/C16H11BrN2O3/c17-10-3-1-9(2-4-10)14-12-5-6-13-11(7-8-18-13)15(12)22-16(14)19(20)21/h1-8,14,16,18H/t14-,16-/m1/s1. The van der Waals surface area contributed by atoms with Crippen LogP contribution in [0.4, 0.5) is 0 Å². The van der Waals surface area contributed by atoms with Gasteiger partial charge in [0.2, 0.25) is 0 Å². The van der Waals surface area contributed by atoms with Gasteiger partial charge in [-0.1, -0.05) is 34.1 Å². The molecule has 0 amide bonds. The number of nitro groups is 1. The van der Waals surface area contributed by atoms with Crippen LogP contribution in [-0.2, 0) is 0 Å². The number of hydrogen-bond donors (Lipinski definition) is 1. The summed E-state index contributed by atoms with van der Waals surface area (Å²) in [4.78, 5) is 14.2. The molecule has 110 valence electrons. The largest absolute Gasteiger partial charge is 0.428 e. The van der Waals surface area contributed by atoms with Crippen LogP contribution in [0.3, 0.4) is 0 Å². The number of nitrogens with zero attached hydrogens (tertiary/aromatic N) is 1. The van der Waals surface area contributed by atoms with Crippen molar-refractivity contribution in [1.29, 1.82) is 0 Å². The first-order valence-corrected chi connectivity index (χ1v) is 7.60. The van der Waals surface area contributed by atoms with Gasteiger partial charge in [-0.2, -0.15) is 0 Å². The summed E-state index contributed by atoms with van der Waals surface area (Å²) in [6.45, 7) is 0. The Morgan fingerprint density at radius 3 is 2.64 bits per heavy atom. The van der Waals surface area contributed by atoms with E-state index < -0.39 is 12.1 Å². The van der Waals surface area contributed by atoms with Crippen molar-refractivity contribution in [3.05, 3.63) is 74.4 Å². The lowest BCUT2D eigenvalue weighted by molar-refractivity contribution is -0.561. The molecule has 1 aromatic heterocycles. The summed E-state index contributed by atoms with van der Waals surface area (Å²) in [6.07, 6.45) is 0.708. The zero-order chi connectivity index (χ0) is 15.3. The predicted molar refractivity (Wildman–Crippen MR) is 85.7 cm³/mol. The summed E-state index contributed by atoms with van der Waals surface area (Å²) in [5.74, 6) is 0.200. The van der Waals surface area contributed by atoms with Crippen LogP contribution in [0.2, 0.25) is 0 Å². The molecule has 2 heterocycles. The van der Waals surface area contributed by atoms with Crippen molar-refractivity contribution in [2.75, 3.05) is 0 Å². The summed E-state index contributed by atoms with van der Waals surface area (Å²) < 4.78 is 6.65. The summed E-state index contributed by atoms with van der Waals surface area (Å²) in [5.41, 5.74) is 2.65. The number of aromatic amines is 1.